The molecule has 0 aliphatic carbocycles. The van der Waals surface area contributed by atoms with Crippen molar-refractivity contribution < 1.29 is 19.0 Å². The molecule has 2 aromatic rings. The number of nitrogens with one attached hydrogen (secondary N) is 1. The van der Waals surface area contributed by atoms with Crippen molar-refractivity contribution in [1.29, 1.82) is 0 Å². The number of benzene rings is 1. The number of aryl methyl sites for hydroxylation is 1. The molecule has 1 aromatic heterocycles. The first kappa shape index (κ1) is 18.7. The Labute approximate surface area is 168 Å². The highest BCUT2D eigenvalue weighted by Crippen LogP contribution is 2.48. The second-order valence-electron chi connectivity index (χ2n) is 8.44. The van der Waals surface area contributed by atoms with Crippen LogP contribution in [0, 0.1) is 6.92 Å². The third kappa shape index (κ3) is 3.15. The molecule has 0 saturated carbocycles. The Hall–Kier alpha value is -2.29. The smallest absolute Gasteiger partial charge is 0.155 e. The number of phenolic OH excluding ortho intramolecular Hbond substituents is 1. The molecule has 2 atom stereocenters. The molecule has 29 heavy (non-hydrogen) atoms. The number of phenols is 1. The third-order valence-corrected chi connectivity index (χ3v) is 6.02. The Balaban J connectivity index is 1.56. The van der Waals surface area contributed by atoms with Crippen molar-refractivity contribution in [3.8, 4) is 17.0 Å². The Morgan fingerprint density at radius 3 is 2.79 bits per heavy atom. The molecule has 4 heterocycles. The summed E-state index contributed by atoms with van der Waals surface area (Å²) in [6, 6.07) is 5.45. The first-order chi connectivity index (χ1) is 13.9. The van der Waals surface area contributed by atoms with Gasteiger partial charge in [0.2, 0.25) is 0 Å². The van der Waals surface area contributed by atoms with Gasteiger partial charge in [-0.3, -0.25) is 0 Å². The fraction of sp³-hybridized carbons (Fsp3) is 0.524. The number of nitrogens with zero attached hydrogens (tertiary/aromatic N) is 3. The highest BCUT2D eigenvalue weighted by atomic mass is 19.1. The number of aromatic hydroxyl groups is 1. The Kier molecular flexibility index (Phi) is 4.45. The van der Waals surface area contributed by atoms with E-state index in [0.29, 0.717) is 49.9 Å². The number of likely N-dealkylation sites (N-methyl/N-ethyl adjacent to an activating group) is 1. The second-order valence-corrected chi connectivity index (χ2v) is 8.44. The molecular formula is C21H25FN4O3. The van der Waals surface area contributed by atoms with Gasteiger partial charge in [0.05, 0.1) is 19.8 Å². The highest BCUT2D eigenvalue weighted by Gasteiger charge is 2.50. The van der Waals surface area contributed by atoms with E-state index in [1.807, 2.05) is 31.0 Å². The van der Waals surface area contributed by atoms with Gasteiger partial charge in [-0.2, -0.15) is 0 Å². The lowest BCUT2D eigenvalue weighted by Gasteiger charge is -2.39. The predicted octanol–water partition coefficient (Wildman–Crippen LogP) is 2.37. The molecule has 1 spiro atoms. The van der Waals surface area contributed by atoms with Gasteiger partial charge in [0.25, 0.3) is 0 Å². The standard InChI is InChI=1S/C21H25FN4O3/c1-12-3-4-15(17(27)5-12)19-16-9-29-21(10-28-11-21)18(16)20(25-24-19)23-14-6-13(22)7-26(2)8-14/h3-5,13-14,27H,6-11H2,1-2H3,(H,23,25)/t13-,14-/m1/s1. The van der Waals surface area contributed by atoms with E-state index in [0.717, 1.165) is 23.2 Å². The zero-order valence-electron chi connectivity index (χ0n) is 16.6. The number of rotatable bonds is 3. The summed E-state index contributed by atoms with van der Waals surface area (Å²) in [6.07, 6.45) is -0.431. The number of ether oxygens (including phenoxy) is 2. The van der Waals surface area contributed by atoms with E-state index < -0.39 is 11.8 Å². The van der Waals surface area contributed by atoms with E-state index in [-0.39, 0.29) is 11.8 Å². The van der Waals surface area contributed by atoms with Gasteiger partial charge >= 0.3 is 0 Å². The van der Waals surface area contributed by atoms with E-state index in [2.05, 4.69) is 15.5 Å². The summed E-state index contributed by atoms with van der Waals surface area (Å²) in [5, 5.41) is 22.8. The lowest BCUT2D eigenvalue weighted by Crippen LogP contribution is -2.48. The molecule has 0 radical (unpaired) electrons. The normalized spacial score (nSPS) is 25.6. The van der Waals surface area contributed by atoms with Crippen molar-refractivity contribution in [3.05, 3.63) is 34.9 Å². The van der Waals surface area contributed by atoms with Crippen molar-refractivity contribution in [2.45, 2.75) is 37.8 Å². The molecule has 2 N–H and O–H groups in total. The maximum Gasteiger partial charge on any atom is 0.155 e. The predicted molar refractivity (Wildman–Crippen MR) is 106 cm³/mol. The van der Waals surface area contributed by atoms with E-state index >= 15 is 0 Å². The van der Waals surface area contributed by atoms with Crippen LogP contribution in [0.15, 0.2) is 18.2 Å². The molecule has 154 valence electrons. The van der Waals surface area contributed by atoms with Crippen LogP contribution in [0.3, 0.4) is 0 Å². The third-order valence-electron chi connectivity index (χ3n) is 6.02. The molecule has 3 aliphatic rings. The van der Waals surface area contributed by atoms with Crippen LogP contribution in [0.5, 0.6) is 5.75 Å². The average Bonchev–Trinajstić information content (AvgIpc) is 3.03. The number of hydrogen-bond acceptors (Lipinski definition) is 7. The maximum absolute atomic E-state index is 14.1. The summed E-state index contributed by atoms with van der Waals surface area (Å²) < 4.78 is 25.7. The number of likely N-dealkylation sites (tertiary alicyclic amines) is 1. The molecular weight excluding hydrogens is 375 g/mol. The lowest BCUT2D eigenvalue weighted by atomic mass is 9.89. The molecule has 3 aliphatic heterocycles. The molecule has 0 unspecified atom stereocenters. The number of anilines is 1. The molecule has 0 amide bonds. The molecule has 8 heteroatoms. The topological polar surface area (TPSA) is 79.7 Å². The van der Waals surface area contributed by atoms with Gasteiger partial charge in [0.1, 0.15) is 23.2 Å². The molecule has 2 saturated heterocycles. The molecule has 0 bridgehead atoms. The average molecular weight is 400 g/mol. The highest BCUT2D eigenvalue weighted by molar-refractivity contribution is 5.74. The fourth-order valence-corrected chi connectivity index (χ4v) is 4.60. The summed E-state index contributed by atoms with van der Waals surface area (Å²) in [5.74, 6) is 0.797. The van der Waals surface area contributed by atoms with Crippen LogP contribution in [0.25, 0.3) is 11.3 Å². The minimum atomic E-state index is -0.867. The minimum Gasteiger partial charge on any atom is -0.507 e. The van der Waals surface area contributed by atoms with E-state index in [1.54, 1.807) is 6.07 Å². The summed E-state index contributed by atoms with van der Waals surface area (Å²) in [4.78, 5) is 1.98. The van der Waals surface area contributed by atoms with Crippen molar-refractivity contribution in [2.75, 3.05) is 38.7 Å². The minimum absolute atomic E-state index is 0.0561. The van der Waals surface area contributed by atoms with Crippen LogP contribution in [-0.4, -0.2) is 65.8 Å². The van der Waals surface area contributed by atoms with Crippen molar-refractivity contribution in [1.82, 2.24) is 15.1 Å². The number of aromatic nitrogens is 2. The van der Waals surface area contributed by atoms with E-state index in [1.165, 1.54) is 0 Å². The van der Waals surface area contributed by atoms with Crippen molar-refractivity contribution in [2.24, 2.45) is 0 Å². The van der Waals surface area contributed by atoms with Gasteiger partial charge in [-0.25, -0.2) is 4.39 Å². The quantitative estimate of drug-likeness (QED) is 0.819. The van der Waals surface area contributed by atoms with Crippen molar-refractivity contribution in [3.63, 3.8) is 0 Å². The monoisotopic (exact) mass is 400 g/mol. The van der Waals surface area contributed by atoms with Crippen LogP contribution in [-0.2, 0) is 21.7 Å². The van der Waals surface area contributed by atoms with Crippen LogP contribution in [0.1, 0.15) is 23.1 Å². The summed E-state index contributed by atoms with van der Waals surface area (Å²) in [6.45, 7) is 4.40. The van der Waals surface area contributed by atoms with Crippen molar-refractivity contribution >= 4 is 5.82 Å². The number of halogens is 1. The molecule has 5 rings (SSSR count). The lowest BCUT2D eigenvalue weighted by molar-refractivity contribution is -0.209. The number of piperidine rings is 1. The molecule has 1 aromatic carbocycles. The van der Waals surface area contributed by atoms with E-state index in [9.17, 15) is 9.50 Å². The first-order valence-electron chi connectivity index (χ1n) is 9.96. The first-order valence-corrected chi connectivity index (χ1v) is 9.96. The Morgan fingerprint density at radius 1 is 1.28 bits per heavy atom. The summed E-state index contributed by atoms with van der Waals surface area (Å²) >= 11 is 0. The van der Waals surface area contributed by atoms with Gasteiger partial charge in [0, 0.05) is 42.2 Å². The summed E-state index contributed by atoms with van der Waals surface area (Å²) in [7, 11) is 1.92. The van der Waals surface area contributed by atoms with Crippen LogP contribution in [0.4, 0.5) is 10.2 Å². The second kappa shape index (κ2) is 6.90. The fourth-order valence-electron chi connectivity index (χ4n) is 4.60. The van der Waals surface area contributed by atoms with Gasteiger partial charge < -0.3 is 24.8 Å². The Bertz CT molecular complexity index is 940. The zero-order valence-corrected chi connectivity index (χ0v) is 16.6. The molecule has 7 nitrogen and oxygen atoms in total. The number of fused-ring (bicyclic) bond motifs is 2. The SMILES string of the molecule is Cc1ccc(-c2nnc(N[C@@H]3C[C@@H](F)CN(C)C3)c3c2COC32COC2)c(O)c1. The van der Waals surface area contributed by atoms with Gasteiger partial charge in [0.15, 0.2) is 5.82 Å². The zero-order chi connectivity index (χ0) is 20.2. The van der Waals surface area contributed by atoms with Gasteiger partial charge in [-0.1, -0.05) is 6.07 Å². The number of alkyl halides is 1. The van der Waals surface area contributed by atoms with Crippen LogP contribution in [0.2, 0.25) is 0 Å². The Morgan fingerprint density at radius 2 is 2.10 bits per heavy atom. The molecule has 2 fully saturated rings. The maximum atomic E-state index is 14.1. The van der Waals surface area contributed by atoms with Gasteiger partial charge in [-0.15, -0.1) is 10.2 Å². The number of hydrogen-bond donors (Lipinski definition) is 2. The van der Waals surface area contributed by atoms with Crippen LogP contribution < -0.4 is 5.32 Å². The van der Waals surface area contributed by atoms with Crippen LogP contribution >= 0.6 is 0 Å². The summed E-state index contributed by atoms with van der Waals surface area (Å²) in [5.41, 5.74) is 3.52. The van der Waals surface area contributed by atoms with Gasteiger partial charge in [-0.05, 0) is 31.7 Å². The largest absolute Gasteiger partial charge is 0.507 e. The van der Waals surface area contributed by atoms with E-state index in [4.69, 9.17) is 9.47 Å².